The largest absolute Gasteiger partial charge is 0.314 e. The summed E-state index contributed by atoms with van der Waals surface area (Å²) >= 11 is 0. The minimum Gasteiger partial charge on any atom is -0.314 e. The molecule has 0 aromatic rings. The van der Waals surface area contributed by atoms with Gasteiger partial charge in [-0.15, -0.1) is 0 Å². The van der Waals surface area contributed by atoms with E-state index in [1.165, 1.54) is 58.4 Å². The molecule has 2 fully saturated rings. The van der Waals surface area contributed by atoms with Crippen LogP contribution in [0.4, 0.5) is 0 Å². The van der Waals surface area contributed by atoms with E-state index >= 15 is 0 Å². The van der Waals surface area contributed by atoms with Crippen LogP contribution in [0.5, 0.6) is 0 Å². The summed E-state index contributed by atoms with van der Waals surface area (Å²) in [5.74, 6) is 0.837. The Balaban J connectivity index is 1.75. The Kier molecular flexibility index (Phi) is 5.46. The first-order valence-electron chi connectivity index (χ1n) is 7.86. The van der Waals surface area contributed by atoms with Crippen LogP contribution in [0.15, 0.2) is 0 Å². The van der Waals surface area contributed by atoms with Gasteiger partial charge in [0.25, 0.3) is 0 Å². The van der Waals surface area contributed by atoms with Crippen LogP contribution in [0.1, 0.15) is 39.5 Å². The molecule has 0 bridgehead atoms. The molecule has 3 nitrogen and oxygen atoms in total. The maximum atomic E-state index is 3.68. The minimum absolute atomic E-state index is 0.780. The standard InChI is InChI=1S/C15H31N3/c1-4-8-16-14-5-10-18(11-6-14)15-7-9-17(3)12-13(15)2/h13-16H,4-12H2,1-3H3. The first kappa shape index (κ1) is 14.3. The van der Waals surface area contributed by atoms with Gasteiger partial charge in [0, 0.05) is 18.6 Å². The van der Waals surface area contributed by atoms with Crippen LogP contribution in [-0.4, -0.2) is 61.7 Å². The van der Waals surface area contributed by atoms with Crippen molar-refractivity contribution >= 4 is 0 Å². The highest BCUT2D eigenvalue weighted by atomic mass is 15.2. The van der Waals surface area contributed by atoms with Crippen LogP contribution in [0.3, 0.4) is 0 Å². The third-order valence-electron chi connectivity index (χ3n) is 4.74. The van der Waals surface area contributed by atoms with E-state index in [0.29, 0.717) is 0 Å². The lowest BCUT2D eigenvalue weighted by Crippen LogP contribution is -2.53. The monoisotopic (exact) mass is 253 g/mol. The molecule has 0 aromatic carbocycles. The number of nitrogens with one attached hydrogen (secondary N) is 1. The third-order valence-corrected chi connectivity index (χ3v) is 4.74. The van der Waals surface area contributed by atoms with Gasteiger partial charge in [-0.05, 0) is 64.8 Å². The van der Waals surface area contributed by atoms with Gasteiger partial charge in [-0.25, -0.2) is 0 Å². The predicted molar refractivity (Wildman–Crippen MR) is 78.0 cm³/mol. The van der Waals surface area contributed by atoms with E-state index in [1.807, 2.05) is 0 Å². The van der Waals surface area contributed by atoms with E-state index in [-0.39, 0.29) is 0 Å². The van der Waals surface area contributed by atoms with Gasteiger partial charge in [0.05, 0.1) is 0 Å². The molecule has 0 aliphatic carbocycles. The smallest absolute Gasteiger partial charge is 0.0145 e. The number of hydrogen-bond donors (Lipinski definition) is 1. The summed E-state index contributed by atoms with van der Waals surface area (Å²) in [7, 11) is 2.26. The second kappa shape index (κ2) is 6.88. The van der Waals surface area contributed by atoms with Gasteiger partial charge in [-0.1, -0.05) is 13.8 Å². The van der Waals surface area contributed by atoms with Gasteiger partial charge in [-0.2, -0.15) is 0 Å². The van der Waals surface area contributed by atoms with Crippen LogP contribution in [-0.2, 0) is 0 Å². The van der Waals surface area contributed by atoms with Crippen molar-refractivity contribution in [2.45, 2.75) is 51.6 Å². The molecule has 2 saturated heterocycles. The van der Waals surface area contributed by atoms with Gasteiger partial charge in [0.1, 0.15) is 0 Å². The van der Waals surface area contributed by atoms with Crippen LogP contribution < -0.4 is 5.32 Å². The SMILES string of the molecule is CCCNC1CCN(C2CCN(C)CC2C)CC1. The molecule has 1 N–H and O–H groups in total. The Morgan fingerprint density at radius 3 is 2.44 bits per heavy atom. The molecule has 0 aromatic heterocycles. The Hall–Kier alpha value is -0.120. The number of nitrogens with zero attached hydrogens (tertiary/aromatic N) is 2. The summed E-state index contributed by atoms with van der Waals surface area (Å²) < 4.78 is 0. The van der Waals surface area contributed by atoms with Gasteiger partial charge < -0.3 is 10.2 Å². The summed E-state index contributed by atoms with van der Waals surface area (Å²) in [5, 5.41) is 3.68. The van der Waals surface area contributed by atoms with Crippen molar-refractivity contribution in [3.05, 3.63) is 0 Å². The van der Waals surface area contributed by atoms with E-state index in [0.717, 1.165) is 18.0 Å². The maximum absolute atomic E-state index is 3.68. The van der Waals surface area contributed by atoms with Crippen molar-refractivity contribution in [3.8, 4) is 0 Å². The lowest BCUT2D eigenvalue weighted by Gasteiger charge is -2.44. The minimum atomic E-state index is 0.780. The highest BCUT2D eigenvalue weighted by molar-refractivity contribution is 4.87. The van der Waals surface area contributed by atoms with Crippen molar-refractivity contribution < 1.29 is 0 Å². The highest BCUT2D eigenvalue weighted by Crippen LogP contribution is 2.24. The van der Waals surface area contributed by atoms with Crippen LogP contribution in [0, 0.1) is 5.92 Å². The molecule has 2 unspecified atom stereocenters. The number of rotatable bonds is 4. The zero-order valence-corrected chi connectivity index (χ0v) is 12.5. The molecule has 2 atom stereocenters. The fourth-order valence-corrected chi connectivity index (χ4v) is 3.67. The Morgan fingerprint density at radius 2 is 1.83 bits per heavy atom. The van der Waals surface area contributed by atoms with Gasteiger partial charge in [0.2, 0.25) is 0 Å². The van der Waals surface area contributed by atoms with E-state index in [4.69, 9.17) is 0 Å². The predicted octanol–water partition coefficient (Wildman–Crippen LogP) is 1.79. The lowest BCUT2D eigenvalue weighted by atomic mass is 9.90. The zero-order valence-electron chi connectivity index (χ0n) is 12.5. The molecule has 0 radical (unpaired) electrons. The fraction of sp³-hybridized carbons (Fsp3) is 1.00. The topological polar surface area (TPSA) is 18.5 Å². The first-order valence-corrected chi connectivity index (χ1v) is 7.86. The van der Waals surface area contributed by atoms with E-state index in [2.05, 4.69) is 36.0 Å². The fourth-order valence-electron chi connectivity index (χ4n) is 3.67. The van der Waals surface area contributed by atoms with Crippen LogP contribution in [0.2, 0.25) is 0 Å². The second-order valence-corrected chi connectivity index (χ2v) is 6.36. The molecular weight excluding hydrogens is 222 g/mol. The number of hydrogen-bond acceptors (Lipinski definition) is 3. The zero-order chi connectivity index (χ0) is 13.0. The van der Waals surface area contributed by atoms with Gasteiger partial charge in [-0.3, -0.25) is 4.90 Å². The molecule has 3 heteroatoms. The Bertz CT molecular complexity index is 236. The van der Waals surface area contributed by atoms with Gasteiger partial charge in [0.15, 0.2) is 0 Å². The van der Waals surface area contributed by atoms with E-state index < -0.39 is 0 Å². The average molecular weight is 253 g/mol. The lowest BCUT2D eigenvalue weighted by molar-refractivity contribution is 0.0546. The molecule has 18 heavy (non-hydrogen) atoms. The molecule has 2 aliphatic heterocycles. The van der Waals surface area contributed by atoms with Crippen LogP contribution in [0.25, 0.3) is 0 Å². The summed E-state index contributed by atoms with van der Waals surface area (Å²) in [6, 6.07) is 1.62. The quantitative estimate of drug-likeness (QED) is 0.824. The normalized spacial score (nSPS) is 32.8. The Labute approximate surface area is 113 Å². The van der Waals surface area contributed by atoms with E-state index in [1.54, 1.807) is 0 Å². The molecule has 0 amide bonds. The molecule has 0 saturated carbocycles. The Morgan fingerprint density at radius 1 is 1.11 bits per heavy atom. The van der Waals surface area contributed by atoms with Crippen LogP contribution >= 0.6 is 0 Å². The van der Waals surface area contributed by atoms with E-state index in [9.17, 15) is 0 Å². The maximum Gasteiger partial charge on any atom is 0.0145 e. The highest BCUT2D eigenvalue weighted by Gasteiger charge is 2.31. The van der Waals surface area contributed by atoms with Crippen molar-refractivity contribution in [1.29, 1.82) is 0 Å². The molecule has 2 rings (SSSR count). The third kappa shape index (κ3) is 3.69. The summed E-state index contributed by atoms with van der Waals surface area (Å²) in [4.78, 5) is 5.25. The molecule has 2 aliphatic rings. The van der Waals surface area contributed by atoms with Gasteiger partial charge >= 0.3 is 0 Å². The second-order valence-electron chi connectivity index (χ2n) is 6.36. The van der Waals surface area contributed by atoms with Crippen molar-refractivity contribution in [2.24, 2.45) is 5.92 Å². The van der Waals surface area contributed by atoms with Crippen molar-refractivity contribution in [2.75, 3.05) is 39.8 Å². The summed E-state index contributed by atoms with van der Waals surface area (Å²) in [6.07, 6.45) is 5.31. The number of likely N-dealkylation sites (tertiary alicyclic amines) is 2. The number of piperidine rings is 2. The van der Waals surface area contributed by atoms with Crippen molar-refractivity contribution in [1.82, 2.24) is 15.1 Å². The molecule has 106 valence electrons. The molecular formula is C15H31N3. The molecule has 2 heterocycles. The average Bonchev–Trinajstić information content (AvgIpc) is 2.37. The van der Waals surface area contributed by atoms with Crippen molar-refractivity contribution in [3.63, 3.8) is 0 Å². The summed E-state index contributed by atoms with van der Waals surface area (Å²) in [5.41, 5.74) is 0. The first-order chi connectivity index (χ1) is 8.70. The summed E-state index contributed by atoms with van der Waals surface area (Å²) in [6.45, 7) is 11.0. The molecule has 0 spiro atoms.